The van der Waals surface area contributed by atoms with Crippen LogP contribution in [0.5, 0.6) is 0 Å². The van der Waals surface area contributed by atoms with E-state index in [2.05, 4.69) is 6.58 Å². The van der Waals surface area contributed by atoms with Crippen LogP contribution in [0.2, 0.25) is 0 Å². The maximum absolute atomic E-state index is 5.82. The SMILES string of the molecule is C=CCC1CCCC(N)C1. The van der Waals surface area contributed by atoms with E-state index in [1.54, 1.807) is 0 Å². The highest BCUT2D eigenvalue weighted by Gasteiger charge is 2.17. The molecule has 0 radical (unpaired) electrons. The topological polar surface area (TPSA) is 26.0 Å². The lowest BCUT2D eigenvalue weighted by molar-refractivity contribution is 0.325. The summed E-state index contributed by atoms with van der Waals surface area (Å²) in [6.45, 7) is 3.74. The summed E-state index contributed by atoms with van der Waals surface area (Å²) in [7, 11) is 0. The van der Waals surface area contributed by atoms with E-state index in [1.165, 1.54) is 25.7 Å². The van der Waals surface area contributed by atoms with Crippen LogP contribution in [-0.2, 0) is 0 Å². The molecule has 1 nitrogen and oxygen atoms in total. The first-order valence-corrected chi connectivity index (χ1v) is 4.19. The first-order valence-electron chi connectivity index (χ1n) is 4.19. The summed E-state index contributed by atoms with van der Waals surface area (Å²) in [6, 6.07) is 0.471. The van der Waals surface area contributed by atoms with E-state index in [9.17, 15) is 0 Å². The summed E-state index contributed by atoms with van der Waals surface area (Å²) in [6.07, 6.45) is 8.30. The van der Waals surface area contributed by atoms with E-state index >= 15 is 0 Å². The predicted octanol–water partition coefficient (Wildman–Crippen LogP) is 2.08. The van der Waals surface area contributed by atoms with Crippen LogP contribution in [0.1, 0.15) is 32.1 Å². The molecular formula is C9H17N. The van der Waals surface area contributed by atoms with Gasteiger partial charge in [-0.15, -0.1) is 6.58 Å². The Hall–Kier alpha value is -0.300. The predicted molar refractivity (Wildman–Crippen MR) is 44.7 cm³/mol. The van der Waals surface area contributed by atoms with Crippen molar-refractivity contribution in [2.45, 2.75) is 38.1 Å². The molecule has 1 heteroatoms. The molecule has 0 amide bonds. The smallest absolute Gasteiger partial charge is 0.00415 e. The Balaban J connectivity index is 2.24. The van der Waals surface area contributed by atoms with Crippen LogP contribution in [-0.4, -0.2) is 6.04 Å². The molecule has 2 N–H and O–H groups in total. The molecule has 1 aliphatic rings. The van der Waals surface area contributed by atoms with Gasteiger partial charge in [-0.2, -0.15) is 0 Å². The second kappa shape index (κ2) is 3.77. The van der Waals surface area contributed by atoms with E-state index in [0.29, 0.717) is 6.04 Å². The molecule has 0 bridgehead atoms. The van der Waals surface area contributed by atoms with Crippen molar-refractivity contribution in [2.75, 3.05) is 0 Å². The largest absolute Gasteiger partial charge is 0.328 e. The zero-order chi connectivity index (χ0) is 7.40. The standard InChI is InChI=1S/C9H17N/c1-2-4-8-5-3-6-9(10)7-8/h2,8-9H,1,3-7,10H2. The lowest BCUT2D eigenvalue weighted by Gasteiger charge is -2.25. The molecule has 0 aromatic carbocycles. The zero-order valence-electron chi connectivity index (χ0n) is 6.55. The molecule has 2 atom stereocenters. The van der Waals surface area contributed by atoms with Gasteiger partial charge in [0.05, 0.1) is 0 Å². The van der Waals surface area contributed by atoms with Gasteiger partial charge in [0.2, 0.25) is 0 Å². The summed E-state index contributed by atoms with van der Waals surface area (Å²) in [5, 5.41) is 0. The number of rotatable bonds is 2. The molecule has 58 valence electrons. The van der Waals surface area contributed by atoms with Gasteiger partial charge in [-0.3, -0.25) is 0 Å². The Morgan fingerprint density at radius 2 is 2.30 bits per heavy atom. The van der Waals surface area contributed by atoms with Crippen molar-refractivity contribution in [3.63, 3.8) is 0 Å². The van der Waals surface area contributed by atoms with Gasteiger partial charge >= 0.3 is 0 Å². The second-order valence-corrected chi connectivity index (χ2v) is 3.32. The number of hydrogen-bond acceptors (Lipinski definition) is 1. The summed E-state index contributed by atoms with van der Waals surface area (Å²) in [4.78, 5) is 0. The number of nitrogens with two attached hydrogens (primary N) is 1. The first kappa shape index (κ1) is 7.80. The van der Waals surface area contributed by atoms with Crippen LogP contribution in [0.25, 0.3) is 0 Å². The first-order chi connectivity index (χ1) is 4.83. The van der Waals surface area contributed by atoms with Crippen LogP contribution < -0.4 is 5.73 Å². The molecule has 1 rings (SSSR count). The van der Waals surface area contributed by atoms with E-state index < -0.39 is 0 Å². The summed E-state index contributed by atoms with van der Waals surface area (Å²) < 4.78 is 0. The monoisotopic (exact) mass is 139 g/mol. The highest BCUT2D eigenvalue weighted by molar-refractivity contribution is 4.80. The molecular weight excluding hydrogens is 122 g/mol. The zero-order valence-corrected chi connectivity index (χ0v) is 6.55. The Morgan fingerprint density at radius 1 is 1.50 bits per heavy atom. The quantitative estimate of drug-likeness (QED) is 0.582. The summed E-state index contributed by atoms with van der Waals surface area (Å²) >= 11 is 0. The van der Waals surface area contributed by atoms with Gasteiger partial charge in [-0.1, -0.05) is 18.9 Å². The molecule has 0 aromatic rings. The van der Waals surface area contributed by atoms with E-state index in [0.717, 1.165) is 12.3 Å². The molecule has 0 heterocycles. The van der Waals surface area contributed by atoms with Crippen molar-refractivity contribution in [1.82, 2.24) is 0 Å². The molecule has 0 spiro atoms. The van der Waals surface area contributed by atoms with Crippen LogP contribution in [0, 0.1) is 5.92 Å². The third-order valence-corrected chi connectivity index (χ3v) is 2.32. The van der Waals surface area contributed by atoms with Crippen molar-refractivity contribution >= 4 is 0 Å². The van der Waals surface area contributed by atoms with E-state index in [-0.39, 0.29) is 0 Å². The molecule has 1 fully saturated rings. The van der Waals surface area contributed by atoms with Gasteiger partial charge in [-0.25, -0.2) is 0 Å². The lowest BCUT2D eigenvalue weighted by Crippen LogP contribution is -2.27. The maximum Gasteiger partial charge on any atom is 0.00415 e. The fourth-order valence-corrected chi connectivity index (χ4v) is 1.78. The fraction of sp³-hybridized carbons (Fsp3) is 0.778. The molecule has 2 unspecified atom stereocenters. The molecule has 1 aliphatic carbocycles. The minimum Gasteiger partial charge on any atom is -0.328 e. The molecule has 1 saturated carbocycles. The van der Waals surface area contributed by atoms with Crippen molar-refractivity contribution < 1.29 is 0 Å². The Morgan fingerprint density at radius 3 is 2.90 bits per heavy atom. The van der Waals surface area contributed by atoms with Gasteiger partial charge in [0.1, 0.15) is 0 Å². The number of hydrogen-bond donors (Lipinski definition) is 1. The van der Waals surface area contributed by atoms with Gasteiger partial charge < -0.3 is 5.73 Å². The van der Waals surface area contributed by atoms with Crippen LogP contribution >= 0.6 is 0 Å². The minimum atomic E-state index is 0.471. The molecule has 10 heavy (non-hydrogen) atoms. The van der Waals surface area contributed by atoms with Gasteiger partial charge in [0.25, 0.3) is 0 Å². The van der Waals surface area contributed by atoms with Gasteiger partial charge in [0, 0.05) is 6.04 Å². The Labute approximate surface area is 63.3 Å². The van der Waals surface area contributed by atoms with Crippen molar-refractivity contribution in [1.29, 1.82) is 0 Å². The summed E-state index contributed by atoms with van der Waals surface area (Å²) in [5.41, 5.74) is 5.82. The van der Waals surface area contributed by atoms with Gasteiger partial charge in [0.15, 0.2) is 0 Å². The maximum atomic E-state index is 5.82. The fourth-order valence-electron chi connectivity index (χ4n) is 1.78. The third kappa shape index (κ3) is 2.14. The highest BCUT2D eigenvalue weighted by Crippen LogP contribution is 2.25. The van der Waals surface area contributed by atoms with Crippen molar-refractivity contribution in [2.24, 2.45) is 11.7 Å². The van der Waals surface area contributed by atoms with Crippen LogP contribution in [0.15, 0.2) is 12.7 Å². The van der Waals surface area contributed by atoms with Crippen LogP contribution in [0.4, 0.5) is 0 Å². The normalized spacial score (nSPS) is 33.7. The third-order valence-electron chi connectivity index (χ3n) is 2.32. The Kier molecular flexibility index (Phi) is 2.94. The second-order valence-electron chi connectivity index (χ2n) is 3.32. The van der Waals surface area contributed by atoms with Crippen molar-refractivity contribution in [3.8, 4) is 0 Å². The minimum absolute atomic E-state index is 0.471. The molecule has 0 saturated heterocycles. The van der Waals surface area contributed by atoms with Crippen LogP contribution in [0.3, 0.4) is 0 Å². The highest BCUT2D eigenvalue weighted by atomic mass is 14.6. The Bertz CT molecular complexity index is 109. The average molecular weight is 139 g/mol. The van der Waals surface area contributed by atoms with E-state index in [1.807, 2.05) is 6.08 Å². The molecule has 0 aromatic heterocycles. The lowest BCUT2D eigenvalue weighted by atomic mass is 9.84. The van der Waals surface area contributed by atoms with Crippen molar-refractivity contribution in [3.05, 3.63) is 12.7 Å². The average Bonchev–Trinajstić information content (AvgIpc) is 1.88. The molecule has 0 aliphatic heterocycles. The number of allylic oxidation sites excluding steroid dienone is 1. The summed E-state index contributed by atoms with van der Waals surface area (Å²) in [5.74, 6) is 0.834. The van der Waals surface area contributed by atoms with E-state index in [4.69, 9.17) is 5.73 Å². The van der Waals surface area contributed by atoms with Gasteiger partial charge in [-0.05, 0) is 25.2 Å².